The number of rotatable bonds is 6. The lowest BCUT2D eigenvalue weighted by Crippen LogP contribution is -2.39. The third-order valence-electron chi connectivity index (χ3n) is 6.73. The molecule has 0 aromatic heterocycles. The van der Waals surface area contributed by atoms with E-state index in [-0.39, 0.29) is 16.7 Å². The molecular weight excluding hydrogens is 354 g/mol. The van der Waals surface area contributed by atoms with Crippen LogP contribution in [0.4, 0.5) is 0 Å². The van der Waals surface area contributed by atoms with Crippen molar-refractivity contribution >= 4 is 12.0 Å². The van der Waals surface area contributed by atoms with Crippen LogP contribution in [-0.4, -0.2) is 28.7 Å². The summed E-state index contributed by atoms with van der Waals surface area (Å²) in [5.74, 6) is 0.555. The van der Waals surface area contributed by atoms with Crippen LogP contribution in [-0.2, 0) is 5.41 Å². The molecule has 0 N–H and O–H groups in total. The van der Waals surface area contributed by atoms with Crippen molar-refractivity contribution < 1.29 is 9.37 Å². The van der Waals surface area contributed by atoms with Crippen LogP contribution in [0.5, 0.6) is 0 Å². The number of fused-ring (bicyclic) bond motifs is 3. The first-order valence-electron chi connectivity index (χ1n) is 10.5. The number of benzene rings is 2. The fourth-order valence-electron chi connectivity index (χ4n) is 5.16. The van der Waals surface area contributed by atoms with E-state index in [1.54, 1.807) is 0 Å². The highest BCUT2D eigenvalue weighted by atomic mass is 16.1. The summed E-state index contributed by atoms with van der Waals surface area (Å²) in [5.41, 5.74) is 4.56. The average molecular weight is 385 g/mol. The van der Waals surface area contributed by atoms with Gasteiger partial charge in [-0.05, 0) is 30.9 Å². The summed E-state index contributed by atoms with van der Waals surface area (Å²) in [4.78, 5) is 13.0. The predicted octanol–water partition coefficient (Wildman–Crippen LogP) is 5.69. The Morgan fingerprint density at radius 2 is 1.76 bits per heavy atom. The van der Waals surface area contributed by atoms with Gasteiger partial charge in [0.05, 0.1) is 5.41 Å². The van der Waals surface area contributed by atoms with Crippen molar-refractivity contribution in [2.45, 2.75) is 50.5 Å². The van der Waals surface area contributed by atoms with E-state index in [2.05, 4.69) is 68.5 Å². The quantitative estimate of drug-likeness (QED) is 0.356. The Morgan fingerprint density at radius 3 is 2.48 bits per heavy atom. The lowest BCUT2D eigenvalue weighted by Gasteiger charge is -2.35. The maximum Gasteiger partial charge on any atom is 0.227 e. The number of carbonyl (C=O) groups is 1. The number of hydrogen-bond acceptors (Lipinski definition) is 1. The van der Waals surface area contributed by atoms with E-state index in [0.29, 0.717) is 12.5 Å². The minimum absolute atomic E-state index is 0.161. The molecular formula is C27H30NO+. The monoisotopic (exact) mass is 384 g/mol. The van der Waals surface area contributed by atoms with Crippen molar-refractivity contribution in [3.05, 3.63) is 95.6 Å². The molecule has 2 aromatic rings. The lowest BCUT2D eigenvalue weighted by molar-refractivity contribution is -0.568. The SMILES string of the molecule is C=CCCC1C=C2C(C)(C)[N+](CC(=O)c3ccccc3)=C[C@@]2(C)c2ccccc21. The largest absolute Gasteiger partial charge is 0.287 e. The molecule has 2 heteroatoms. The van der Waals surface area contributed by atoms with Crippen LogP contribution in [0.25, 0.3) is 0 Å². The zero-order valence-corrected chi connectivity index (χ0v) is 17.7. The van der Waals surface area contributed by atoms with Gasteiger partial charge in [-0.3, -0.25) is 4.79 Å². The second-order valence-electron chi connectivity index (χ2n) is 8.95. The molecule has 0 saturated heterocycles. The molecule has 4 rings (SSSR count). The molecule has 148 valence electrons. The molecule has 1 aliphatic carbocycles. The lowest BCUT2D eigenvalue weighted by atomic mass is 9.64. The van der Waals surface area contributed by atoms with Gasteiger partial charge in [-0.2, -0.15) is 0 Å². The van der Waals surface area contributed by atoms with E-state index >= 15 is 0 Å². The summed E-state index contributed by atoms with van der Waals surface area (Å²) in [5, 5.41) is 0. The number of ketones is 1. The van der Waals surface area contributed by atoms with Gasteiger partial charge in [0, 0.05) is 30.9 Å². The molecule has 0 bridgehead atoms. The Bertz CT molecular complexity index is 1010. The standard InChI is InChI=1S/C27H30NO/c1-5-6-12-21-17-25-26(2,3)28(18-24(29)20-13-8-7-9-14-20)19-27(25,4)23-16-11-10-15-22(21)23/h5,7-11,13-17,19,21H,1,6,12,18H2,2-4H3/q+1/t21?,27-/m0/s1. The zero-order chi connectivity index (χ0) is 20.6. The summed E-state index contributed by atoms with van der Waals surface area (Å²) in [6.45, 7) is 11.1. The van der Waals surface area contributed by atoms with Gasteiger partial charge in [0.1, 0.15) is 0 Å². The van der Waals surface area contributed by atoms with Crippen molar-refractivity contribution in [1.29, 1.82) is 0 Å². The Morgan fingerprint density at radius 1 is 1.07 bits per heavy atom. The van der Waals surface area contributed by atoms with Crippen molar-refractivity contribution in [1.82, 2.24) is 0 Å². The highest BCUT2D eigenvalue weighted by molar-refractivity contribution is 5.97. The molecule has 0 saturated carbocycles. The molecule has 2 aliphatic rings. The number of Topliss-reactive ketones (excluding diaryl/α,β-unsaturated/α-hetero) is 1. The molecule has 2 aromatic carbocycles. The molecule has 0 spiro atoms. The Hall–Kier alpha value is -2.74. The van der Waals surface area contributed by atoms with E-state index in [1.807, 2.05) is 36.4 Å². The van der Waals surface area contributed by atoms with Crippen LogP contribution in [0.15, 0.2) is 78.9 Å². The zero-order valence-electron chi connectivity index (χ0n) is 17.7. The smallest absolute Gasteiger partial charge is 0.227 e. The molecule has 1 unspecified atom stereocenters. The van der Waals surface area contributed by atoms with E-state index < -0.39 is 0 Å². The summed E-state index contributed by atoms with van der Waals surface area (Å²) >= 11 is 0. The average Bonchev–Trinajstić information content (AvgIpc) is 2.92. The first-order chi connectivity index (χ1) is 13.9. The van der Waals surface area contributed by atoms with Crippen molar-refractivity contribution in [2.75, 3.05) is 6.54 Å². The van der Waals surface area contributed by atoms with E-state index in [1.165, 1.54) is 16.7 Å². The first kappa shape index (κ1) is 19.6. The highest BCUT2D eigenvalue weighted by Gasteiger charge is 2.55. The molecule has 2 atom stereocenters. The molecule has 0 fully saturated rings. The van der Waals surface area contributed by atoms with Crippen LogP contribution in [0, 0.1) is 0 Å². The third kappa shape index (κ3) is 3.21. The summed E-state index contributed by atoms with van der Waals surface area (Å²) < 4.78 is 2.25. The second-order valence-corrected chi connectivity index (χ2v) is 8.95. The Kier molecular flexibility index (Phi) is 4.90. The minimum atomic E-state index is -0.209. The summed E-state index contributed by atoms with van der Waals surface area (Å²) in [6.07, 6.45) is 8.84. The molecule has 29 heavy (non-hydrogen) atoms. The van der Waals surface area contributed by atoms with Gasteiger partial charge in [-0.15, -0.1) is 6.58 Å². The number of nitrogens with zero attached hydrogens (tertiary/aromatic N) is 1. The molecule has 0 radical (unpaired) electrons. The fourth-order valence-corrected chi connectivity index (χ4v) is 5.16. The molecule has 1 heterocycles. The van der Waals surface area contributed by atoms with Crippen LogP contribution < -0.4 is 0 Å². The Balaban J connectivity index is 1.76. The minimum Gasteiger partial charge on any atom is -0.287 e. The summed E-state index contributed by atoms with van der Waals surface area (Å²) in [6, 6.07) is 18.4. The fraction of sp³-hybridized carbons (Fsp3) is 0.333. The number of carbonyl (C=O) groups excluding carboxylic acids is 1. The van der Waals surface area contributed by atoms with Gasteiger partial charge in [0.15, 0.2) is 11.8 Å². The second kappa shape index (κ2) is 7.26. The normalized spacial score (nSPS) is 24.2. The van der Waals surface area contributed by atoms with Crippen molar-refractivity contribution in [2.24, 2.45) is 0 Å². The predicted molar refractivity (Wildman–Crippen MR) is 120 cm³/mol. The molecule has 2 nitrogen and oxygen atoms in total. The van der Waals surface area contributed by atoms with E-state index in [9.17, 15) is 4.79 Å². The maximum absolute atomic E-state index is 13.0. The van der Waals surface area contributed by atoms with Crippen LogP contribution in [0.2, 0.25) is 0 Å². The topological polar surface area (TPSA) is 20.1 Å². The van der Waals surface area contributed by atoms with E-state index in [4.69, 9.17) is 0 Å². The molecule has 1 aliphatic heterocycles. The van der Waals surface area contributed by atoms with Gasteiger partial charge in [0.2, 0.25) is 12.3 Å². The van der Waals surface area contributed by atoms with E-state index in [0.717, 1.165) is 18.4 Å². The van der Waals surface area contributed by atoms with Crippen molar-refractivity contribution in [3.63, 3.8) is 0 Å². The third-order valence-corrected chi connectivity index (χ3v) is 6.73. The number of hydrogen-bond donors (Lipinski definition) is 0. The van der Waals surface area contributed by atoms with Crippen LogP contribution >= 0.6 is 0 Å². The van der Waals surface area contributed by atoms with Crippen LogP contribution in [0.3, 0.4) is 0 Å². The van der Waals surface area contributed by atoms with Gasteiger partial charge in [-0.1, -0.05) is 66.7 Å². The van der Waals surface area contributed by atoms with Gasteiger partial charge in [0.25, 0.3) is 0 Å². The maximum atomic E-state index is 13.0. The van der Waals surface area contributed by atoms with Crippen molar-refractivity contribution in [3.8, 4) is 0 Å². The van der Waals surface area contributed by atoms with Gasteiger partial charge < -0.3 is 0 Å². The first-order valence-corrected chi connectivity index (χ1v) is 10.5. The molecule has 0 amide bonds. The van der Waals surface area contributed by atoms with Gasteiger partial charge >= 0.3 is 0 Å². The Labute approximate surface area is 174 Å². The van der Waals surface area contributed by atoms with Crippen LogP contribution in [0.1, 0.15) is 61.0 Å². The number of allylic oxidation sites excluding steroid dienone is 2. The van der Waals surface area contributed by atoms with Gasteiger partial charge in [-0.25, -0.2) is 4.58 Å². The summed E-state index contributed by atoms with van der Waals surface area (Å²) in [7, 11) is 0. The highest BCUT2D eigenvalue weighted by Crippen LogP contribution is 2.50.